The summed E-state index contributed by atoms with van der Waals surface area (Å²) in [5.41, 5.74) is 2.94. The van der Waals surface area contributed by atoms with E-state index in [0.717, 1.165) is 23.4 Å². The Bertz CT molecular complexity index is 1250. The molecule has 1 saturated heterocycles. The van der Waals surface area contributed by atoms with Crippen molar-refractivity contribution in [2.75, 3.05) is 54.4 Å². The highest BCUT2D eigenvalue weighted by Gasteiger charge is 2.26. The van der Waals surface area contributed by atoms with Crippen LogP contribution in [0.2, 0.25) is 0 Å². The number of benzene rings is 1. The molecule has 2 aromatic heterocycles. The lowest BCUT2D eigenvalue weighted by atomic mass is 10.1. The number of rotatable bonds is 5. The highest BCUT2D eigenvalue weighted by molar-refractivity contribution is 5.96. The molecule has 0 atom stereocenters. The van der Waals surface area contributed by atoms with Gasteiger partial charge >= 0.3 is 0 Å². The van der Waals surface area contributed by atoms with Gasteiger partial charge in [-0.2, -0.15) is 10.2 Å². The van der Waals surface area contributed by atoms with E-state index in [9.17, 15) is 14.9 Å². The molecule has 3 aromatic rings. The van der Waals surface area contributed by atoms with Crippen LogP contribution < -0.4 is 15.1 Å². The van der Waals surface area contributed by atoms with E-state index in [1.807, 2.05) is 23.1 Å². The van der Waals surface area contributed by atoms with Gasteiger partial charge in [-0.05, 0) is 42.3 Å². The lowest BCUT2D eigenvalue weighted by Gasteiger charge is -2.34. The van der Waals surface area contributed by atoms with Crippen LogP contribution in [0, 0.1) is 11.3 Å². The Morgan fingerprint density at radius 2 is 2.00 bits per heavy atom. The second-order valence-corrected chi connectivity index (χ2v) is 8.34. The molecular weight excluding hydrogens is 436 g/mol. The molecular formula is C24H24N6O4. The number of nitrogens with zero attached hydrogens (tertiary/aromatic N) is 5. The van der Waals surface area contributed by atoms with Crippen LogP contribution in [0.15, 0.2) is 45.4 Å². The number of carbonyl (C=O) groups excluding carboxylic acids is 2. The number of oxazole rings is 1. The van der Waals surface area contributed by atoms with Crippen LogP contribution in [0.25, 0.3) is 11.7 Å². The van der Waals surface area contributed by atoms with Crippen molar-refractivity contribution < 1.29 is 18.4 Å². The van der Waals surface area contributed by atoms with E-state index in [-0.39, 0.29) is 29.9 Å². The minimum Gasteiger partial charge on any atom is -0.459 e. The zero-order valence-electron chi connectivity index (χ0n) is 18.8. The molecule has 0 radical (unpaired) electrons. The Labute approximate surface area is 196 Å². The fraction of sp³-hybridized carbons (Fsp3) is 0.333. The number of furan rings is 1. The van der Waals surface area contributed by atoms with Crippen molar-refractivity contribution in [1.29, 1.82) is 5.26 Å². The van der Waals surface area contributed by atoms with Gasteiger partial charge in [0.1, 0.15) is 6.07 Å². The van der Waals surface area contributed by atoms with Crippen LogP contribution in [0.4, 0.5) is 17.3 Å². The minimum atomic E-state index is -0.0905. The summed E-state index contributed by atoms with van der Waals surface area (Å²) in [5, 5.41) is 12.4. The van der Waals surface area contributed by atoms with Crippen LogP contribution in [0.1, 0.15) is 18.2 Å². The number of nitrogens with one attached hydrogen (secondary N) is 1. The smallest absolute Gasteiger partial charge is 0.266 e. The lowest BCUT2D eigenvalue weighted by molar-refractivity contribution is -0.117. The van der Waals surface area contributed by atoms with Gasteiger partial charge in [-0.25, -0.2) is 0 Å². The third-order valence-electron chi connectivity index (χ3n) is 6.11. The summed E-state index contributed by atoms with van der Waals surface area (Å²) in [5.74, 6) is 1.11. The van der Waals surface area contributed by atoms with Gasteiger partial charge in [-0.3, -0.25) is 14.5 Å². The van der Waals surface area contributed by atoms with Crippen molar-refractivity contribution in [2.24, 2.45) is 0 Å². The van der Waals surface area contributed by atoms with Gasteiger partial charge in [0, 0.05) is 51.0 Å². The van der Waals surface area contributed by atoms with Crippen LogP contribution in [0.3, 0.4) is 0 Å². The summed E-state index contributed by atoms with van der Waals surface area (Å²) in [7, 11) is 0. The van der Waals surface area contributed by atoms with E-state index in [1.54, 1.807) is 24.0 Å². The number of hydrogen-bond donors (Lipinski definition) is 1. The van der Waals surface area contributed by atoms with Gasteiger partial charge < -0.3 is 24.0 Å². The second kappa shape index (κ2) is 9.03. The predicted molar refractivity (Wildman–Crippen MR) is 124 cm³/mol. The molecule has 1 aromatic carbocycles. The second-order valence-electron chi connectivity index (χ2n) is 8.34. The zero-order valence-corrected chi connectivity index (χ0v) is 18.8. The van der Waals surface area contributed by atoms with Crippen molar-refractivity contribution in [3.8, 4) is 17.7 Å². The number of carbonyl (C=O) groups is 2. The third-order valence-corrected chi connectivity index (χ3v) is 6.11. The number of nitriles is 1. The molecule has 0 spiro atoms. The number of amides is 2. The van der Waals surface area contributed by atoms with Crippen LogP contribution in [-0.2, 0) is 16.0 Å². The fourth-order valence-electron chi connectivity index (χ4n) is 4.42. The highest BCUT2D eigenvalue weighted by atomic mass is 16.4. The first kappa shape index (κ1) is 21.7. The lowest BCUT2D eigenvalue weighted by Crippen LogP contribution is -2.48. The first-order valence-electron chi connectivity index (χ1n) is 11.1. The predicted octanol–water partition coefficient (Wildman–Crippen LogP) is 2.48. The van der Waals surface area contributed by atoms with Crippen molar-refractivity contribution >= 4 is 29.1 Å². The monoisotopic (exact) mass is 460 g/mol. The molecule has 2 aliphatic rings. The Hall–Kier alpha value is -4.10. The van der Waals surface area contributed by atoms with Crippen LogP contribution >= 0.6 is 0 Å². The summed E-state index contributed by atoms with van der Waals surface area (Å²) in [4.78, 5) is 34.4. The Balaban J connectivity index is 1.16. The van der Waals surface area contributed by atoms with E-state index in [4.69, 9.17) is 8.83 Å². The molecule has 1 N–H and O–H groups in total. The van der Waals surface area contributed by atoms with Gasteiger partial charge in [0.2, 0.25) is 23.4 Å². The summed E-state index contributed by atoms with van der Waals surface area (Å²) in [6, 6.07) is 11.2. The van der Waals surface area contributed by atoms with Gasteiger partial charge in [0.25, 0.3) is 5.89 Å². The van der Waals surface area contributed by atoms with Gasteiger partial charge in [-0.1, -0.05) is 0 Å². The van der Waals surface area contributed by atoms with E-state index >= 15 is 0 Å². The molecule has 0 saturated carbocycles. The fourth-order valence-corrected chi connectivity index (χ4v) is 4.42. The zero-order chi connectivity index (χ0) is 23.7. The van der Waals surface area contributed by atoms with Gasteiger partial charge in [0.15, 0.2) is 5.76 Å². The molecule has 174 valence electrons. The molecule has 5 rings (SSSR count). The standard InChI is InChI=1S/C24H24N6O4/c1-16(31)30-7-6-17-13-18(4-5-20(17)30)26-22(32)15-28-8-10-29(11-9-28)24-19(14-25)27-23(34-24)21-3-2-12-33-21/h2-5,12-13H,6-11,15H2,1H3,(H,26,32). The first-order valence-corrected chi connectivity index (χ1v) is 11.1. The SMILES string of the molecule is CC(=O)N1CCc2cc(NC(=O)CN3CCN(c4oc(-c5ccco5)nc4C#N)CC3)ccc21. The van der Waals surface area contributed by atoms with Crippen molar-refractivity contribution in [3.05, 3.63) is 47.9 Å². The quantitative estimate of drug-likeness (QED) is 0.617. The molecule has 10 heteroatoms. The molecule has 4 heterocycles. The molecule has 0 bridgehead atoms. The Kier molecular flexibility index (Phi) is 5.77. The molecule has 2 aliphatic heterocycles. The number of hydrogen-bond acceptors (Lipinski definition) is 8. The van der Waals surface area contributed by atoms with Crippen LogP contribution in [0.5, 0.6) is 0 Å². The molecule has 2 amide bonds. The maximum Gasteiger partial charge on any atom is 0.266 e. The molecule has 0 aliphatic carbocycles. The Morgan fingerprint density at radius 1 is 1.18 bits per heavy atom. The maximum absolute atomic E-state index is 12.6. The van der Waals surface area contributed by atoms with E-state index < -0.39 is 0 Å². The van der Waals surface area contributed by atoms with Crippen LogP contribution in [-0.4, -0.2) is 61.0 Å². The molecule has 34 heavy (non-hydrogen) atoms. The summed E-state index contributed by atoms with van der Waals surface area (Å²) < 4.78 is 11.1. The average molecular weight is 460 g/mol. The summed E-state index contributed by atoms with van der Waals surface area (Å²) in [6.07, 6.45) is 2.31. The Morgan fingerprint density at radius 3 is 2.71 bits per heavy atom. The van der Waals surface area contributed by atoms with Crippen molar-refractivity contribution in [2.45, 2.75) is 13.3 Å². The van der Waals surface area contributed by atoms with E-state index in [0.29, 0.717) is 44.4 Å². The molecule has 0 unspecified atom stereocenters. The van der Waals surface area contributed by atoms with Crippen molar-refractivity contribution in [1.82, 2.24) is 9.88 Å². The molecule has 10 nitrogen and oxygen atoms in total. The largest absolute Gasteiger partial charge is 0.459 e. The maximum atomic E-state index is 12.6. The highest BCUT2D eigenvalue weighted by Crippen LogP contribution is 2.31. The van der Waals surface area contributed by atoms with E-state index in [2.05, 4.69) is 21.3 Å². The number of fused-ring (bicyclic) bond motifs is 1. The van der Waals surface area contributed by atoms with Crippen molar-refractivity contribution in [3.63, 3.8) is 0 Å². The number of aromatic nitrogens is 1. The first-order chi connectivity index (χ1) is 16.5. The molecule has 1 fully saturated rings. The van der Waals surface area contributed by atoms with Gasteiger partial charge in [-0.15, -0.1) is 0 Å². The number of anilines is 3. The van der Waals surface area contributed by atoms with Gasteiger partial charge in [0.05, 0.1) is 12.8 Å². The topological polar surface area (TPSA) is 119 Å². The van der Waals surface area contributed by atoms with E-state index in [1.165, 1.54) is 6.26 Å². The minimum absolute atomic E-state index is 0.0269. The normalized spacial score (nSPS) is 15.8. The summed E-state index contributed by atoms with van der Waals surface area (Å²) in [6.45, 7) is 5.01. The summed E-state index contributed by atoms with van der Waals surface area (Å²) >= 11 is 0. The third kappa shape index (κ3) is 4.25. The average Bonchev–Trinajstić information content (AvgIpc) is 3.58. The number of piperazine rings is 1.